The zero-order valence-corrected chi connectivity index (χ0v) is 88.4. The molecule has 1 rings (SSSR count). The lowest BCUT2D eigenvalue weighted by molar-refractivity contribution is -0.150. The number of nitrogens with one attached hydrogen (secondary N) is 15. The maximum absolute atomic E-state index is 14.9. The fourth-order valence-electron chi connectivity index (χ4n) is 15.6. The Morgan fingerprint density at radius 3 is 0.459 bits per heavy atom. The first-order valence-electron chi connectivity index (χ1n) is 49.9. The highest BCUT2D eigenvalue weighted by Gasteiger charge is 2.41. The van der Waals surface area contributed by atoms with Gasteiger partial charge in [0.15, 0.2) is 0 Å². The van der Waals surface area contributed by atoms with Crippen LogP contribution in [0.15, 0.2) is 30.3 Å². The van der Waals surface area contributed by atoms with E-state index in [4.69, 9.17) is 9.47 Å². The highest BCUT2D eigenvalue weighted by atomic mass is 16.6. The van der Waals surface area contributed by atoms with Crippen molar-refractivity contribution in [2.24, 2.45) is 88.8 Å². The Bertz CT molecular complexity index is 3800. The summed E-state index contributed by atoms with van der Waals surface area (Å²) in [6.45, 7) is 60.9. The maximum Gasteiger partial charge on any atom is 0.408 e. The molecule has 1 aromatic rings. The van der Waals surface area contributed by atoms with Crippen LogP contribution in [-0.4, -0.2) is 191 Å². The Hall–Kier alpha value is -9.46. The van der Waals surface area contributed by atoms with E-state index in [0.717, 1.165) is 5.56 Å². The molecule has 0 saturated heterocycles. The van der Waals surface area contributed by atoms with Crippen LogP contribution in [0.5, 0.6) is 0 Å². The third kappa shape index (κ3) is 52.6. The number of carbonyl (C=O) groups excluding carboxylic acids is 16. The Labute approximate surface area is 809 Å². The van der Waals surface area contributed by atoms with Crippen LogP contribution in [0, 0.1) is 88.8 Å². The second-order valence-corrected chi connectivity index (χ2v) is 44.6. The van der Waals surface area contributed by atoms with Gasteiger partial charge in [0.1, 0.15) is 103 Å². The number of carbonyl (C=O) groups is 16. The average molecular weight is 1910 g/mol. The average Bonchev–Trinajstić information content (AvgIpc) is 0.848. The summed E-state index contributed by atoms with van der Waals surface area (Å²) in [5, 5.41) is 42.7. The van der Waals surface area contributed by atoms with E-state index in [1.807, 2.05) is 238 Å². The van der Waals surface area contributed by atoms with Gasteiger partial charge >= 0.3 is 12.1 Å². The van der Waals surface area contributed by atoms with Gasteiger partial charge in [-0.05, 0) is 211 Å². The number of ether oxygens (including phenoxy) is 2. The lowest BCUT2D eigenvalue weighted by Crippen LogP contribution is -2.61. The summed E-state index contributed by atoms with van der Waals surface area (Å²) < 4.78 is 11.1. The van der Waals surface area contributed by atoms with Crippen LogP contribution in [0.2, 0.25) is 0 Å². The Morgan fingerprint density at radius 1 is 0.200 bits per heavy atom. The van der Waals surface area contributed by atoms with E-state index in [0.29, 0.717) is 0 Å². The molecule has 33 heteroatoms. The minimum atomic E-state index is -1.28. The topological polar surface area (TPSA) is 472 Å². The number of alkyl carbamates (subject to hydrolysis) is 1. The Kier molecular flexibility index (Phi) is 56.5. The molecule has 33 nitrogen and oxygen atoms in total. The van der Waals surface area contributed by atoms with Gasteiger partial charge in [-0.1, -0.05) is 238 Å². The summed E-state index contributed by atoms with van der Waals surface area (Å²) >= 11 is 0. The van der Waals surface area contributed by atoms with Crippen molar-refractivity contribution in [3.8, 4) is 0 Å². The van der Waals surface area contributed by atoms with Gasteiger partial charge in [0.2, 0.25) is 82.7 Å². The van der Waals surface area contributed by atoms with Gasteiger partial charge in [0, 0.05) is 0 Å². The fourth-order valence-corrected chi connectivity index (χ4v) is 15.6. The number of hydrogen-bond acceptors (Lipinski definition) is 18. The number of amides is 15. The fraction of sp³-hybridized carbons (Fsp3) is 0.784. The van der Waals surface area contributed by atoms with Crippen LogP contribution in [0.4, 0.5) is 4.79 Å². The zero-order valence-electron chi connectivity index (χ0n) is 88.4. The smallest absolute Gasteiger partial charge is 0.408 e. The Balaban J connectivity index is 3.71. The molecule has 1 aromatic carbocycles. The normalized spacial score (nSPS) is 15.3. The van der Waals surface area contributed by atoms with Crippen molar-refractivity contribution in [2.75, 3.05) is 0 Å². The molecule has 15 amide bonds. The summed E-state index contributed by atoms with van der Waals surface area (Å²) in [5.41, 5.74) is -0.0827. The molecular weight excluding hydrogens is 1720 g/mol. The SMILES string of the molecule is CC(C)C[C@H](NC(=O)OC(C)(C)C)C(=O)N[C@@H](CC(C)C)C(=O)N[C@@H](CC(C)C)C(=O)N[C@@H](CC(C)C)C(=O)N[C@@H](CC(C)C)C(=O)N[C@@H](CC(C)C)C(=O)N[C@@H](CC(C)C)C(=O)N[C@@H](CC(C)C)C(=O)N[C@@H](CC(C)C)C(=O)N[C@@H](CC(C)C)C(=O)N[C@@H](CC(C)C)C(=O)N[C@@H](CC(C)C)C(=O)N[C@@H](CC(C)C)C(=O)N[C@@H](CC(C)C)C(=O)N[C@@H](CC(C)C)C(=O)OCc1ccccc1. The third-order valence-electron chi connectivity index (χ3n) is 21.7. The van der Waals surface area contributed by atoms with Crippen LogP contribution in [0.3, 0.4) is 0 Å². The van der Waals surface area contributed by atoms with Crippen LogP contribution in [0.1, 0.15) is 330 Å². The molecule has 0 aromatic heterocycles. The van der Waals surface area contributed by atoms with Gasteiger partial charge in [-0.3, -0.25) is 67.1 Å². The van der Waals surface area contributed by atoms with E-state index in [9.17, 15) is 76.7 Å². The van der Waals surface area contributed by atoms with Crippen molar-refractivity contribution >= 4 is 94.8 Å². The first kappa shape index (κ1) is 124. The van der Waals surface area contributed by atoms with E-state index < -0.39 is 191 Å². The Morgan fingerprint density at radius 2 is 0.326 bits per heavy atom. The predicted molar refractivity (Wildman–Crippen MR) is 528 cm³/mol. The van der Waals surface area contributed by atoms with Crippen molar-refractivity contribution in [3.05, 3.63) is 35.9 Å². The minimum Gasteiger partial charge on any atom is -0.459 e. The molecule has 15 N–H and O–H groups in total. The van der Waals surface area contributed by atoms with Crippen LogP contribution < -0.4 is 79.8 Å². The third-order valence-corrected chi connectivity index (χ3v) is 21.7. The van der Waals surface area contributed by atoms with Crippen LogP contribution in [-0.2, 0) is 88.0 Å². The summed E-state index contributed by atoms with van der Waals surface area (Å²) in [4.78, 5) is 232. The zero-order chi connectivity index (χ0) is 104. The molecule has 0 bridgehead atoms. The van der Waals surface area contributed by atoms with Crippen molar-refractivity contribution < 1.29 is 86.2 Å². The van der Waals surface area contributed by atoms with Crippen LogP contribution in [0.25, 0.3) is 0 Å². The predicted octanol–water partition coefficient (Wildman–Crippen LogP) is 11.1. The molecular formula is C102H181N15O18. The molecule has 0 saturated carbocycles. The molecule has 0 heterocycles. The summed E-state index contributed by atoms with van der Waals surface area (Å²) in [6, 6.07) is -8.94. The number of hydrogen-bond donors (Lipinski definition) is 15. The summed E-state index contributed by atoms with van der Waals surface area (Å²) in [5.74, 6) is -12.8. The van der Waals surface area contributed by atoms with E-state index in [1.54, 1.807) is 20.8 Å². The monoisotopic (exact) mass is 1900 g/mol. The molecule has 0 aliphatic heterocycles. The second-order valence-electron chi connectivity index (χ2n) is 44.6. The number of rotatable bonds is 62. The minimum absolute atomic E-state index is 0.00542. The molecule has 0 unspecified atom stereocenters. The molecule has 0 radical (unpaired) electrons. The van der Waals surface area contributed by atoms with Gasteiger partial charge in [0.05, 0.1) is 0 Å². The molecule has 0 aliphatic rings. The van der Waals surface area contributed by atoms with Gasteiger partial charge in [-0.15, -0.1) is 0 Å². The standard InChI is InChI=1S/C102H181N15O18/c1-55(2)39-71(103-87(119)72(40-56(3)4)105-89(121)74(42-58(7)8)107-91(123)76(44-60(11)12)109-93(125)78(46-62(15)16)111-95(127)80(48-64(19)20)113-97(129)82(50-66(23)24)115-99(131)84(52-68(27)28)117-101(133)135-102(31,32)33)86(118)104-73(41-57(5)6)88(120)106-75(43-59(9)10)90(122)108-77(45-61(13)14)92(124)110-79(47-63(17)18)94(126)112-81(49-65(21)22)96(128)114-83(51-67(25)26)98(130)116-85(53-69(29)30)100(132)134-54-70-37-35-34-36-38-70/h34-38,55-69,71-85H,39-54H2,1-33H3,(H,103,119)(H,104,118)(H,105,121)(H,106,120)(H,107,123)(H,108,122)(H,109,125)(H,110,124)(H,111,127)(H,112,126)(H,113,129)(H,114,128)(H,115,131)(H,116,130)(H,117,133)/t71-,72-,73-,74-,75-,76-,77-,78-,79-,80-,81-,82-,83-,84-,85-/m0/s1. The van der Waals surface area contributed by atoms with Crippen molar-refractivity contribution in [2.45, 2.75) is 428 Å². The molecule has 0 fully saturated rings. The van der Waals surface area contributed by atoms with E-state index in [1.165, 1.54) is 0 Å². The molecule has 0 aliphatic carbocycles. The first-order valence-corrected chi connectivity index (χ1v) is 49.9. The van der Waals surface area contributed by atoms with Crippen LogP contribution >= 0.6 is 0 Å². The van der Waals surface area contributed by atoms with E-state index in [-0.39, 0.29) is 192 Å². The molecule has 135 heavy (non-hydrogen) atoms. The lowest BCUT2D eigenvalue weighted by Gasteiger charge is -2.30. The van der Waals surface area contributed by atoms with E-state index in [2.05, 4.69) is 79.8 Å². The van der Waals surface area contributed by atoms with Gasteiger partial charge in [-0.25, -0.2) is 9.59 Å². The number of benzene rings is 1. The van der Waals surface area contributed by atoms with E-state index >= 15 is 0 Å². The largest absolute Gasteiger partial charge is 0.459 e. The highest BCUT2D eigenvalue weighted by molar-refractivity contribution is 6.01. The van der Waals surface area contributed by atoms with Crippen molar-refractivity contribution in [3.63, 3.8) is 0 Å². The molecule has 15 atom stereocenters. The summed E-state index contributed by atoms with van der Waals surface area (Å²) in [6.07, 6.45) is 1.08. The number of esters is 1. The second kappa shape index (κ2) is 61.7. The highest BCUT2D eigenvalue weighted by Crippen LogP contribution is 2.22. The van der Waals surface area contributed by atoms with Gasteiger partial charge < -0.3 is 89.2 Å². The van der Waals surface area contributed by atoms with Gasteiger partial charge in [-0.2, -0.15) is 0 Å². The lowest BCUT2D eigenvalue weighted by atomic mass is 9.97. The maximum atomic E-state index is 14.9. The van der Waals surface area contributed by atoms with Gasteiger partial charge in [0.25, 0.3) is 0 Å². The molecule has 772 valence electrons. The summed E-state index contributed by atoms with van der Waals surface area (Å²) in [7, 11) is 0. The molecule has 0 spiro atoms. The van der Waals surface area contributed by atoms with Crippen molar-refractivity contribution in [1.82, 2.24) is 79.8 Å². The van der Waals surface area contributed by atoms with Crippen molar-refractivity contribution in [1.29, 1.82) is 0 Å². The first-order chi connectivity index (χ1) is 62.4. The quantitative estimate of drug-likeness (QED) is 0.0269.